The number of rotatable bonds is 6. The maximum absolute atomic E-state index is 12.1. The van der Waals surface area contributed by atoms with E-state index in [1.807, 2.05) is 0 Å². The Bertz CT molecular complexity index is 543. The van der Waals surface area contributed by atoms with Gasteiger partial charge in [-0.05, 0) is 28.1 Å². The topological polar surface area (TPSA) is 55.9 Å². The third kappa shape index (κ3) is 5.87. The Kier molecular flexibility index (Phi) is 7.01. The first-order valence-corrected chi connectivity index (χ1v) is 9.22. The van der Waals surface area contributed by atoms with Gasteiger partial charge in [-0.2, -0.15) is 0 Å². The fourth-order valence-electron chi connectivity index (χ4n) is 2.46. The van der Waals surface area contributed by atoms with Gasteiger partial charge in [0.2, 0.25) is 11.8 Å². The summed E-state index contributed by atoms with van der Waals surface area (Å²) in [4.78, 5) is 30.8. The highest BCUT2D eigenvalue weighted by Crippen LogP contribution is 2.23. The van der Waals surface area contributed by atoms with E-state index in [0.29, 0.717) is 6.54 Å². The molecule has 2 amide bonds. The summed E-state index contributed by atoms with van der Waals surface area (Å²) < 4.78 is 1.16. The second-order valence-corrected chi connectivity index (χ2v) is 8.23. The van der Waals surface area contributed by atoms with E-state index in [-0.39, 0.29) is 18.4 Å². The number of nitrogens with one attached hydrogen (secondary N) is 1. The number of amides is 2. The summed E-state index contributed by atoms with van der Waals surface area (Å²) in [7, 11) is 3.24. The molecule has 0 atom stereocenters. The molecule has 1 aliphatic heterocycles. The maximum Gasteiger partial charge on any atom is 0.239 e. The number of likely N-dealkylation sites (N-methyl/N-ethyl adjacent to an activating group) is 2. The molecule has 6 nitrogen and oxygen atoms in total. The Balaban J connectivity index is 1.71. The van der Waals surface area contributed by atoms with Crippen LogP contribution in [0.2, 0.25) is 0 Å². The van der Waals surface area contributed by atoms with E-state index < -0.39 is 0 Å². The largest absolute Gasteiger partial charge is 0.358 e. The van der Waals surface area contributed by atoms with Crippen LogP contribution in [0.15, 0.2) is 15.9 Å². The molecule has 0 saturated carbocycles. The lowest BCUT2D eigenvalue weighted by molar-refractivity contribution is -0.135. The number of carbonyl (C=O) groups is 2. The highest BCUT2D eigenvalue weighted by atomic mass is 79.9. The maximum atomic E-state index is 12.1. The van der Waals surface area contributed by atoms with Gasteiger partial charge in [0.05, 0.1) is 16.9 Å². The van der Waals surface area contributed by atoms with Gasteiger partial charge in [0, 0.05) is 51.7 Å². The molecular formula is C15H23BrN4O2S. The summed E-state index contributed by atoms with van der Waals surface area (Å²) >= 11 is 5.26. The minimum atomic E-state index is -0.146. The molecule has 1 saturated heterocycles. The van der Waals surface area contributed by atoms with Crippen molar-refractivity contribution in [1.29, 1.82) is 0 Å². The van der Waals surface area contributed by atoms with Gasteiger partial charge in [0.25, 0.3) is 0 Å². The van der Waals surface area contributed by atoms with Crippen LogP contribution >= 0.6 is 27.3 Å². The van der Waals surface area contributed by atoms with Crippen molar-refractivity contribution in [2.75, 3.05) is 53.4 Å². The molecule has 8 heteroatoms. The van der Waals surface area contributed by atoms with Crippen LogP contribution < -0.4 is 5.32 Å². The van der Waals surface area contributed by atoms with Gasteiger partial charge < -0.3 is 10.2 Å². The second-order valence-electron chi connectivity index (χ2n) is 5.68. The molecule has 1 aromatic heterocycles. The predicted octanol–water partition coefficient (Wildman–Crippen LogP) is 0.833. The van der Waals surface area contributed by atoms with Gasteiger partial charge in [0.15, 0.2) is 0 Å². The first-order chi connectivity index (χ1) is 11.0. The number of hydrogen-bond acceptors (Lipinski definition) is 5. The quantitative estimate of drug-likeness (QED) is 0.765. The molecule has 0 aliphatic carbocycles. The number of thiophene rings is 1. The van der Waals surface area contributed by atoms with Crippen molar-refractivity contribution in [2.45, 2.75) is 6.54 Å². The molecule has 128 valence electrons. The molecule has 1 N–H and O–H groups in total. The van der Waals surface area contributed by atoms with Crippen LogP contribution in [0.1, 0.15) is 4.88 Å². The zero-order valence-corrected chi connectivity index (χ0v) is 16.0. The Hall–Kier alpha value is -0.960. The molecule has 2 heterocycles. The number of hydrogen-bond donors (Lipinski definition) is 1. The molecule has 2 rings (SSSR count). The molecule has 0 aromatic carbocycles. The van der Waals surface area contributed by atoms with Crippen molar-refractivity contribution in [3.63, 3.8) is 0 Å². The average Bonchev–Trinajstić information content (AvgIpc) is 2.94. The Morgan fingerprint density at radius 2 is 1.91 bits per heavy atom. The molecule has 1 aliphatic rings. The summed E-state index contributed by atoms with van der Waals surface area (Å²) in [6.07, 6.45) is 0. The van der Waals surface area contributed by atoms with Crippen molar-refractivity contribution < 1.29 is 9.59 Å². The molecule has 1 aromatic rings. The van der Waals surface area contributed by atoms with E-state index in [1.54, 1.807) is 25.4 Å². The van der Waals surface area contributed by atoms with Crippen LogP contribution in [0, 0.1) is 0 Å². The summed E-state index contributed by atoms with van der Waals surface area (Å²) in [5.74, 6) is -0.156. The first-order valence-electron chi connectivity index (χ1n) is 7.61. The molecule has 0 bridgehead atoms. The Labute approximate surface area is 149 Å². The average molecular weight is 403 g/mol. The highest BCUT2D eigenvalue weighted by Gasteiger charge is 2.21. The SMILES string of the molecule is CNC(=O)CN(C)C(=O)CN1CCN(Cc2ccc(Br)s2)CC1. The molecule has 23 heavy (non-hydrogen) atoms. The van der Waals surface area contributed by atoms with Crippen LogP contribution in [0.25, 0.3) is 0 Å². The lowest BCUT2D eigenvalue weighted by Crippen LogP contribution is -2.50. The van der Waals surface area contributed by atoms with E-state index in [0.717, 1.165) is 36.5 Å². The minimum Gasteiger partial charge on any atom is -0.358 e. The lowest BCUT2D eigenvalue weighted by Gasteiger charge is -2.34. The third-order valence-corrected chi connectivity index (χ3v) is 5.53. The summed E-state index contributed by atoms with van der Waals surface area (Å²) in [5.41, 5.74) is 0. The van der Waals surface area contributed by atoms with Crippen LogP contribution in [0.3, 0.4) is 0 Å². The Morgan fingerprint density at radius 1 is 1.26 bits per heavy atom. The van der Waals surface area contributed by atoms with Crippen molar-refractivity contribution in [3.8, 4) is 0 Å². The van der Waals surface area contributed by atoms with Crippen molar-refractivity contribution in [3.05, 3.63) is 20.8 Å². The monoisotopic (exact) mass is 402 g/mol. The number of carbonyl (C=O) groups excluding carboxylic acids is 2. The van der Waals surface area contributed by atoms with E-state index in [1.165, 1.54) is 9.78 Å². The summed E-state index contributed by atoms with van der Waals surface area (Å²) in [6, 6.07) is 4.23. The zero-order chi connectivity index (χ0) is 16.8. The summed E-state index contributed by atoms with van der Waals surface area (Å²) in [6.45, 7) is 5.14. The second kappa shape index (κ2) is 8.77. The third-order valence-electron chi connectivity index (χ3n) is 3.92. The van der Waals surface area contributed by atoms with Gasteiger partial charge in [0.1, 0.15) is 0 Å². The highest BCUT2D eigenvalue weighted by molar-refractivity contribution is 9.11. The van der Waals surface area contributed by atoms with Gasteiger partial charge in [-0.15, -0.1) is 11.3 Å². The fourth-order valence-corrected chi connectivity index (χ4v) is 3.98. The fraction of sp³-hybridized carbons (Fsp3) is 0.600. The lowest BCUT2D eigenvalue weighted by atomic mass is 10.3. The molecule has 0 spiro atoms. The summed E-state index contributed by atoms with van der Waals surface area (Å²) in [5, 5.41) is 2.53. The van der Waals surface area contributed by atoms with Crippen LogP contribution in [-0.2, 0) is 16.1 Å². The van der Waals surface area contributed by atoms with E-state index in [2.05, 4.69) is 43.2 Å². The minimum absolute atomic E-state index is 0.00997. The number of nitrogens with zero attached hydrogens (tertiary/aromatic N) is 3. The number of piperazine rings is 1. The van der Waals surface area contributed by atoms with Crippen molar-refractivity contribution in [1.82, 2.24) is 20.0 Å². The Morgan fingerprint density at radius 3 is 2.48 bits per heavy atom. The molecular weight excluding hydrogens is 380 g/mol. The van der Waals surface area contributed by atoms with Gasteiger partial charge in [-0.25, -0.2) is 0 Å². The van der Waals surface area contributed by atoms with Crippen molar-refractivity contribution in [2.24, 2.45) is 0 Å². The standard InChI is InChI=1S/C15H23BrN4O2S/c1-17-14(21)10-18(2)15(22)11-20-7-5-19(6-8-20)9-12-3-4-13(16)23-12/h3-4H,5-11H2,1-2H3,(H,17,21). The van der Waals surface area contributed by atoms with Gasteiger partial charge in [-0.3, -0.25) is 19.4 Å². The molecule has 0 unspecified atom stereocenters. The smallest absolute Gasteiger partial charge is 0.239 e. The van der Waals surface area contributed by atoms with Gasteiger partial charge >= 0.3 is 0 Å². The van der Waals surface area contributed by atoms with Crippen LogP contribution in [0.5, 0.6) is 0 Å². The van der Waals surface area contributed by atoms with Gasteiger partial charge in [-0.1, -0.05) is 0 Å². The first kappa shape index (κ1) is 18.4. The number of halogens is 1. The zero-order valence-electron chi connectivity index (χ0n) is 13.5. The predicted molar refractivity (Wildman–Crippen MR) is 95.4 cm³/mol. The molecule has 1 fully saturated rings. The van der Waals surface area contributed by atoms with Crippen molar-refractivity contribution >= 4 is 39.1 Å². The van der Waals surface area contributed by atoms with E-state index >= 15 is 0 Å². The van der Waals surface area contributed by atoms with Crippen LogP contribution in [-0.4, -0.2) is 79.9 Å². The molecule has 0 radical (unpaired) electrons. The van der Waals surface area contributed by atoms with Crippen LogP contribution in [0.4, 0.5) is 0 Å². The van der Waals surface area contributed by atoms with E-state index in [4.69, 9.17) is 0 Å². The normalized spacial score (nSPS) is 16.3. The van der Waals surface area contributed by atoms with E-state index in [9.17, 15) is 9.59 Å².